The molecule has 0 aliphatic rings. The standard InChI is InChI=1S/C16H13ClO4/c1-9-11(4-3-5-12(9)15(18)19)13-8-10(16(20)21-2)6-7-14(13)17/h3-8H,1-2H3,(H,18,19). The molecule has 0 aromatic heterocycles. The van der Waals surface area contributed by atoms with E-state index >= 15 is 0 Å². The van der Waals surface area contributed by atoms with Crippen molar-refractivity contribution in [1.29, 1.82) is 0 Å². The highest BCUT2D eigenvalue weighted by atomic mass is 35.5. The number of halogens is 1. The quantitative estimate of drug-likeness (QED) is 0.876. The first-order chi connectivity index (χ1) is 9.95. The Morgan fingerprint density at radius 3 is 2.48 bits per heavy atom. The van der Waals surface area contributed by atoms with Gasteiger partial charge >= 0.3 is 11.9 Å². The Hall–Kier alpha value is -2.33. The monoisotopic (exact) mass is 304 g/mol. The minimum absolute atomic E-state index is 0.201. The Kier molecular flexibility index (Phi) is 4.29. The molecular weight excluding hydrogens is 292 g/mol. The Labute approximate surface area is 126 Å². The second-order valence-corrected chi connectivity index (χ2v) is 4.88. The molecule has 0 bridgehead atoms. The summed E-state index contributed by atoms with van der Waals surface area (Å²) in [5.74, 6) is -1.48. The van der Waals surface area contributed by atoms with E-state index in [0.29, 0.717) is 27.3 Å². The maximum atomic E-state index is 11.6. The number of methoxy groups -OCH3 is 1. The summed E-state index contributed by atoms with van der Waals surface area (Å²) in [5, 5.41) is 9.62. The summed E-state index contributed by atoms with van der Waals surface area (Å²) in [6.07, 6.45) is 0. The summed E-state index contributed by atoms with van der Waals surface area (Å²) >= 11 is 6.18. The number of hydrogen-bond acceptors (Lipinski definition) is 3. The number of hydrogen-bond donors (Lipinski definition) is 1. The van der Waals surface area contributed by atoms with E-state index in [2.05, 4.69) is 4.74 Å². The van der Waals surface area contributed by atoms with Gasteiger partial charge in [0.25, 0.3) is 0 Å². The summed E-state index contributed by atoms with van der Waals surface area (Å²) in [6.45, 7) is 1.71. The van der Waals surface area contributed by atoms with Gasteiger partial charge < -0.3 is 9.84 Å². The summed E-state index contributed by atoms with van der Waals surface area (Å²) < 4.78 is 4.68. The predicted molar refractivity (Wildman–Crippen MR) is 79.9 cm³/mol. The SMILES string of the molecule is COC(=O)c1ccc(Cl)c(-c2cccc(C(=O)O)c2C)c1. The third-order valence-corrected chi connectivity index (χ3v) is 3.57. The number of benzene rings is 2. The van der Waals surface area contributed by atoms with E-state index in [0.717, 1.165) is 0 Å². The van der Waals surface area contributed by atoms with E-state index in [1.165, 1.54) is 13.2 Å². The van der Waals surface area contributed by atoms with Gasteiger partial charge in [0.15, 0.2) is 0 Å². The van der Waals surface area contributed by atoms with Gasteiger partial charge in [0.2, 0.25) is 0 Å². The van der Waals surface area contributed by atoms with Gasteiger partial charge in [-0.25, -0.2) is 9.59 Å². The molecule has 0 spiro atoms. The van der Waals surface area contributed by atoms with Crippen molar-refractivity contribution in [3.8, 4) is 11.1 Å². The molecule has 0 aliphatic carbocycles. The molecule has 2 aromatic carbocycles. The largest absolute Gasteiger partial charge is 0.478 e. The van der Waals surface area contributed by atoms with Gasteiger partial charge in [-0.3, -0.25) is 0 Å². The first kappa shape index (κ1) is 15.1. The Balaban J connectivity index is 2.64. The van der Waals surface area contributed by atoms with E-state index in [4.69, 9.17) is 11.6 Å². The third-order valence-electron chi connectivity index (χ3n) is 3.24. The maximum absolute atomic E-state index is 11.6. The lowest BCUT2D eigenvalue weighted by Gasteiger charge is -2.11. The molecule has 21 heavy (non-hydrogen) atoms. The van der Waals surface area contributed by atoms with Crippen LogP contribution in [0.25, 0.3) is 11.1 Å². The molecule has 4 nitrogen and oxygen atoms in total. The Morgan fingerprint density at radius 1 is 1.14 bits per heavy atom. The van der Waals surface area contributed by atoms with E-state index in [1.807, 2.05) is 0 Å². The number of ether oxygens (including phenoxy) is 1. The fraction of sp³-hybridized carbons (Fsp3) is 0.125. The van der Waals surface area contributed by atoms with Crippen molar-refractivity contribution in [3.63, 3.8) is 0 Å². The highest BCUT2D eigenvalue weighted by molar-refractivity contribution is 6.33. The molecule has 0 amide bonds. The molecule has 0 fully saturated rings. The minimum atomic E-state index is -1.01. The predicted octanol–water partition coefficient (Wildman–Crippen LogP) is 3.80. The van der Waals surface area contributed by atoms with Crippen LogP contribution < -0.4 is 0 Å². The minimum Gasteiger partial charge on any atom is -0.478 e. The normalized spacial score (nSPS) is 10.2. The third kappa shape index (κ3) is 2.90. The molecule has 0 aliphatic heterocycles. The molecule has 0 heterocycles. The van der Waals surface area contributed by atoms with Crippen LogP contribution in [0.15, 0.2) is 36.4 Å². The molecule has 1 N–H and O–H groups in total. The Bertz CT molecular complexity index is 722. The molecule has 5 heteroatoms. The van der Waals surface area contributed by atoms with Crippen LogP contribution in [-0.2, 0) is 4.74 Å². The molecule has 0 atom stereocenters. The number of carboxylic acids is 1. The lowest BCUT2D eigenvalue weighted by molar-refractivity contribution is 0.0599. The summed E-state index contributed by atoms with van der Waals surface area (Å²) in [5.41, 5.74) is 2.42. The van der Waals surface area contributed by atoms with Gasteiger partial charge in [0, 0.05) is 10.6 Å². The summed E-state index contributed by atoms with van der Waals surface area (Å²) in [4.78, 5) is 22.8. The number of rotatable bonds is 3. The van der Waals surface area contributed by atoms with Gasteiger partial charge in [-0.05, 0) is 42.3 Å². The lowest BCUT2D eigenvalue weighted by Crippen LogP contribution is -2.03. The van der Waals surface area contributed by atoms with Gasteiger partial charge in [-0.1, -0.05) is 23.7 Å². The fourth-order valence-corrected chi connectivity index (χ4v) is 2.35. The van der Waals surface area contributed by atoms with E-state index < -0.39 is 11.9 Å². The summed E-state index contributed by atoms with van der Waals surface area (Å²) in [7, 11) is 1.30. The van der Waals surface area contributed by atoms with Crippen molar-refractivity contribution in [1.82, 2.24) is 0 Å². The van der Waals surface area contributed by atoms with Crippen molar-refractivity contribution < 1.29 is 19.4 Å². The second kappa shape index (κ2) is 5.97. The zero-order valence-electron chi connectivity index (χ0n) is 11.5. The van der Waals surface area contributed by atoms with Gasteiger partial charge in [-0.2, -0.15) is 0 Å². The number of carbonyl (C=O) groups is 2. The zero-order valence-corrected chi connectivity index (χ0v) is 12.3. The van der Waals surface area contributed by atoms with Crippen LogP contribution in [0.4, 0.5) is 0 Å². The fourth-order valence-electron chi connectivity index (χ4n) is 2.14. The molecular formula is C16H13ClO4. The molecule has 0 saturated heterocycles. The van der Waals surface area contributed by atoms with Gasteiger partial charge in [0.1, 0.15) is 0 Å². The van der Waals surface area contributed by atoms with E-state index in [-0.39, 0.29) is 5.56 Å². The number of esters is 1. The van der Waals surface area contributed by atoms with Crippen LogP contribution in [0.3, 0.4) is 0 Å². The summed E-state index contributed by atoms with van der Waals surface area (Å²) in [6, 6.07) is 9.70. The van der Waals surface area contributed by atoms with Crippen LogP contribution in [0.5, 0.6) is 0 Å². The van der Waals surface area contributed by atoms with E-state index in [1.54, 1.807) is 37.3 Å². The van der Waals surface area contributed by atoms with E-state index in [9.17, 15) is 14.7 Å². The average molecular weight is 305 g/mol. The number of aromatic carboxylic acids is 1. The first-order valence-electron chi connectivity index (χ1n) is 6.17. The zero-order chi connectivity index (χ0) is 15.6. The molecule has 0 unspecified atom stereocenters. The van der Waals surface area contributed by atoms with Crippen LogP contribution in [-0.4, -0.2) is 24.2 Å². The number of carboxylic acid groups (broad SMARTS) is 1. The van der Waals surface area contributed by atoms with Gasteiger partial charge in [-0.15, -0.1) is 0 Å². The second-order valence-electron chi connectivity index (χ2n) is 4.47. The van der Waals surface area contributed by atoms with Crippen LogP contribution in [0.1, 0.15) is 26.3 Å². The lowest BCUT2D eigenvalue weighted by atomic mass is 9.95. The average Bonchev–Trinajstić information content (AvgIpc) is 2.47. The van der Waals surface area contributed by atoms with Gasteiger partial charge in [0.05, 0.1) is 18.2 Å². The van der Waals surface area contributed by atoms with Crippen molar-refractivity contribution in [2.75, 3.05) is 7.11 Å². The maximum Gasteiger partial charge on any atom is 0.337 e. The van der Waals surface area contributed by atoms with Crippen molar-refractivity contribution >= 4 is 23.5 Å². The van der Waals surface area contributed by atoms with Crippen LogP contribution in [0, 0.1) is 6.92 Å². The Morgan fingerprint density at radius 2 is 1.86 bits per heavy atom. The molecule has 108 valence electrons. The van der Waals surface area contributed by atoms with Crippen molar-refractivity contribution in [2.24, 2.45) is 0 Å². The van der Waals surface area contributed by atoms with Crippen molar-refractivity contribution in [2.45, 2.75) is 6.92 Å². The number of carbonyl (C=O) groups excluding carboxylic acids is 1. The highest BCUT2D eigenvalue weighted by Crippen LogP contribution is 2.32. The van der Waals surface area contributed by atoms with Crippen LogP contribution >= 0.6 is 11.6 Å². The molecule has 0 saturated carbocycles. The van der Waals surface area contributed by atoms with Crippen LogP contribution in [0.2, 0.25) is 5.02 Å². The van der Waals surface area contributed by atoms with Crippen molar-refractivity contribution in [3.05, 3.63) is 58.1 Å². The molecule has 2 rings (SSSR count). The molecule has 0 radical (unpaired) electrons. The highest BCUT2D eigenvalue weighted by Gasteiger charge is 2.15. The first-order valence-corrected chi connectivity index (χ1v) is 6.54. The molecule has 2 aromatic rings. The topological polar surface area (TPSA) is 63.6 Å². The smallest absolute Gasteiger partial charge is 0.337 e.